The average Bonchev–Trinajstić information content (AvgIpc) is 3.01. The van der Waals surface area contributed by atoms with Crippen LogP contribution >= 0.6 is 34.2 Å². The maximum atomic E-state index is 12.6. The number of benzene rings is 1. The normalized spacial score (nSPS) is 14.5. The standard InChI is InChI=1S/C18H15ClIN3O2/c19-12-3-1-11(2-4-12)17-21-15-7-8-23(10-14(15)18(24)22-17)9-13-5-6-16(20)25-13/h1-6H,7-10H2,(H,21,22,24). The van der Waals surface area contributed by atoms with Crippen molar-refractivity contribution in [2.75, 3.05) is 6.54 Å². The fraction of sp³-hybridized carbons (Fsp3) is 0.222. The van der Waals surface area contributed by atoms with Crippen LogP contribution in [0, 0.1) is 3.77 Å². The number of aromatic amines is 1. The molecule has 1 N–H and O–H groups in total. The molecule has 0 spiro atoms. The maximum absolute atomic E-state index is 12.6. The number of furan rings is 1. The quantitative estimate of drug-likeness (QED) is 0.595. The summed E-state index contributed by atoms with van der Waals surface area (Å²) in [6.07, 6.45) is 0.748. The molecule has 7 heteroatoms. The van der Waals surface area contributed by atoms with Crippen molar-refractivity contribution >= 4 is 34.2 Å². The maximum Gasteiger partial charge on any atom is 0.255 e. The minimum Gasteiger partial charge on any atom is -0.454 e. The minimum absolute atomic E-state index is 0.0753. The van der Waals surface area contributed by atoms with Crippen LogP contribution in [-0.4, -0.2) is 21.4 Å². The Morgan fingerprint density at radius 3 is 2.76 bits per heavy atom. The predicted octanol–water partition coefficient (Wildman–Crippen LogP) is 3.85. The molecule has 0 fully saturated rings. The first kappa shape index (κ1) is 16.8. The fourth-order valence-electron chi connectivity index (χ4n) is 3.02. The summed E-state index contributed by atoms with van der Waals surface area (Å²) < 4.78 is 6.50. The molecule has 3 aromatic rings. The molecular formula is C18H15ClIN3O2. The van der Waals surface area contributed by atoms with E-state index < -0.39 is 0 Å². The van der Waals surface area contributed by atoms with Crippen LogP contribution in [0.3, 0.4) is 0 Å². The minimum atomic E-state index is -0.0753. The number of nitrogens with zero attached hydrogens (tertiary/aromatic N) is 2. The molecular weight excluding hydrogens is 453 g/mol. The van der Waals surface area contributed by atoms with Gasteiger partial charge in [0, 0.05) is 30.1 Å². The number of nitrogens with one attached hydrogen (secondary N) is 1. The zero-order chi connectivity index (χ0) is 17.4. The van der Waals surface area contributed by atoms with Crippen molar-refractivity contribution < 1.29 is 4.42 Å². The highest BCUT2D eigenvalue weighted by atomic mass is 127. The van der Waals surface area contributed by atoms with E-state index in [1.165, 1.54) is 0 Å². The van der Waals surface area contributed by atoms with Crippen LogP contribution in [-0.2, 0) is 19.5 Å². The van der Waals surface area contributed by atoms with Crippen molar-refractivity contribution in [3.63, 3.8) is 0 Å². The molecule has 0 saturated carbocycles. The van der Waals surface area contributed by atoms with Gasteiger partial charge in [-0.2, -0.15) is 0 Å². The molecule has 2 aromatic heterocycles. The number of halogens is 2. The largest absolute Gasteiger partial charge is 0.454 e. The zero-order valence-electron chi connectivity index (χ0n) is 13.3. The van der Waals surface area contributed by atoms with Gasteiger partial charge in [0.05, 0.1) is 17.8 Å². The van der Waals surface area contributed by atoms with Crippen LogP contribution in [0.15, 0.2) is 45.6 Å². The molecule has 3 heterocycles. The van der Waals surface area contributed by atoms with Gasteiger partial charge in [-0.05, 0) is 59.0 Å². The van der Waals surface area contributed by atoms with Gasteiger partial charge >= 0.3 is 0 Å². The van der Waals surface area contributed by atoms with Crippen molar-refractivity contribution in [1.29, 1.82) is 0 Å². The molecule has 128 valence electrons. The van der Waals surface area contributed by atoms with E-state index in [1.54, 1.807) is 12.1 Å². The smallest absolute Gasteiger partial charge is 0.255 e. The van der Waals surface area contributed by atoms with Gasteiger partial charge in [-0.25, -0.2) is 4.98 Å². The molecule has 0 radical (unpaired) electrons. The molecule has 25 heavy (non-hydrogen) atoms. The summed E-state index contributed by atoms with van der Waals surface area (Å²) in [4.78, 5) is 22.3. The summed E-state index contributed by atoms with van der Waals surface area (Å²) >= 11 is 8.08. The molecule has 1 aliphatic rings. The van der Waals surface area contributed by atoms with Gasteiger partial charge in [-0.1, -0.05) is 11.6 Å². The predicted molar refractivity (Wildman–Crippen MR) is 105 cm³/mol. The first-order valence-corrected chi connectivity index (χ1v) is 9.39. The Labute approximate surface area is 163 Å². The van der Waals surface area contributed by atoms with E-state index in [-0.39, 0.29) is 5.56 Å². The third-order valence-corrected chi connectivity index (χ3v) is 5.11. The summed E-state index contributed by atoms with van der Waals surface area (Å²) in [7, 11) is 0. The van der Waals surface area contributed by atoms with E-state index in [0.29, 0.717) is 23.9 Å². The molecule has 1 aliphatic heterocycles. The van der Waals surface area contributed by atoms with Gasteiger partial charge in [-0.15, -0.1) is 0 Å². The third kappa shape index (κ3) is 3.65. The van der Waals surface area contributed by atoms with Gasteiger partial charge in [0.2, 0.25) is 0 Å². The van der Waals surface area contributed by atoms with Crippen LogP contribution in [0.5, 0.6) is 0 Å². The molecule has 0 amide bonds. The van der Waals surface area contributed by atoms with E-state index in [9.17, 15) is 4.79 Å². The molecule has 1 aromatic carbocycles. The first-order valence-electron chi connectivity index (χ1n) is 7.93. The Kier molecular flexibility index (Phi) is 4.66. The van der Waals surface area contributed by atoms with Crippen molar-refractivity contribution in [2.24, 2.45) is 0 Å². The fourth-order valence-corrected chi connectivity index (χ4v) is 3.61. The van der Waals surface area contributed by atoms with Gasteiger partial charge in [0.25, 0.3) is 5.56 Å². The van der Waals surface area contributed by atoms with Crippen LogP contribution in [0.2, 0.25) is 5.02 Å². The van der Waals surface area contributed by atoms with Crippen LogP contribution < -0.4 is 5.56 Å². The highest BCUT2D eigenvalue weighted by Gasteiger charge is 2.22. The van der Waals surface area contributed by atoms with Crippen LogP contribution in [0.25, 0.3) is 11.4 Å². The molecule has 0 unspecified atom stereocenters. The van der Waals surface area contributed by atoms with Crippen molar-refractivity contribution in [1.82, 2.24) is 14.9 Å². The summed E-state index contributed by atoms with van der Waals surface area (Å²) in [5, 5.41) is 0.660. The summed E-state index contributed by atoms with van der Waals surface area (Å²) in [6.45, 7) is 2.12. The van der Waals surface area contributed by atoms with Crippen molar-refractivity contribution in [2.45, 2.75) is 19.5 Å². The molecule has 5 nitrogen and oxygen atoms in total. The van der Waals surface area contributed by atoms with E-state index >= 15 is 0 Å². The average molecular weight is 468 g/mol. The Balaban J connectivity index is 1.59. The Hall–Kier alpha value is -1.64. The van der Waals surface area contributed by atoms with Crippen LogP contribution in [0.1, 0.15) is 17.0 Å². The second-order valence-corrected chi connectivity index (χ2v) is 7.51. The second-order valence-electron chi connectivity index (χ2n) is 6.01. The third-order valence-electron chi connectivity index (χ3n) is 4.27. The summed E-state index contributed by atoms with van der Waals surface area (Å²) in [5.41, 5.74) is 2.40. The molecule has 0 aliphatic carbocycles. The number of hydrogen-bond donors (Lipinski definition) is 1. The van der Waals surface area contributed by atoms with Gasteiger partial charge in [-0.3, -0.25) is 9.69 Å². The molecule has 4 rings (SSSR count). The van der Waals surface area contributed by atoms with Crippen molar-refractivity contribution in [3.8, 4) is 11.4 Å². The lowest BCUT2D eigenvalue weighted by Gasteiger charge is -2.26. The van der Waals surface area contributed by atoms with E-state index in [1.807, 2.05) is 24.3 Å². The van der Waals surface area contributed by atoms with Crippen LogP contribution in [0.4, 0.5) is 0 Å². The number of aromatic nitrogens is 2. The number of fused-ring (bicyclic) bond motifs is 1. The number of rotatable bonds is 3. The van der Waals surface area contributed by atoms with E-state index in [0.717, 1.165) is 39.3 Å². The topological polar surface area (TPSA) is 62.1 Å². The Morgan fingerprint density at radius 2 is 2.04 bits per heavy atom. The van der Waals surface area contributed by atoms with E-state index in [4.69, 9.17) is 16.0 Å². The summed E-state index contributed by atoms with van der Waals surface area (Å²) in [5.74, 6) is 1.50. The van der Waals surface area contributed by atoms with Gasteiger partial charge in [0.15, 0.2) is 3.77 Å². The monoisotopic (exact) mass is 467 g/mol. The number of H-pyrrole nitrogens is 1. The number of hydrogen-bond acceptors (Lipinski definition) is 4. The molecule has 0 saturated heterocycles. The zero-order valence-corrected chi connectivity index (χ0v) is 16.2. The highest BCUT2D eigenvalue weighted by molar-refractivity contribution is 14.1. The highest BCUT2D eigenvalue weighted by Crippen LogP contribution is 2.22. The lowest BCUT2D eigenvalue weighted by Crippen LogP contribution is -2.35. The second kappa shape index (κ2) is 6.93. The lowest BCUT2D eigenvalue weighted by atomic mass is 10.1. The Bertz CT molecular complexity index is 965. The van der Waals surface area contributed by atoms with Crippen molar-refractivity contribution in [3.05, 3.63) is 72.6 Å². The van der Waals surface area contributed by atoms with Gasteiger partial charge < -0.3 is 9.40 Å². The SMILES string of the molecule is O=c1[nH]c(-c2ccc(Cl)cc2)nc2c1CN(Cc1ccc(I)o1)CC2. The molecule has 0 atom stereocenters. The van der Waals surface area contributed by atoms with E-state index in [2.05, 4.69) is 37.5 Å². The lowest BCUT2D eigenvalue weighted by molar-refractivity contribution is 0.221. The van der Waals surface area contributed by atoms with Gasteiger partial charge in [0.1, 0.15) is 11.6 Å². The Morgan fingerprint density at radius 1 is 1.24 bits per heavy atom. The summed E-state index contributed by atoms with van der Waals surface area (Å²) in [6, 6.07) is 11.2. The first-order chi connectivity index (χ1) is 12.1. The molecule has 0 bridgehead atoms.